The fourth-order valence-corrected chi connectivity index (χ4v) is 3.90. The number of rotatable bonds is 4. The van der Waals surface area contributed by atoms with Gasteiger partial charge in [0, 0.05) is 0 Å². The molecule has 1 aliphatic rings. The summed E-state index contributed by atoms with van der Waals surface area (Å²) in [5.74, 6) is 0. The molecule has 0 heteroatoms. The molecule has 2 aromatic rings. The highest BCUT2D eigenvalue weighted by Gasteiger charge is 2.22. The van der Waals surface area contributed by atoms with E-state index in [-0.39, 0.29) is 10.8 Å². The molecular weight excluding hydrogens is 324 g/mol. The molecule has 0 amide bonds. The van der Waals surface area contributed by atoms with Crippen LogP contribution in [0.15, 0.2) is 42.0 Å². The van der Waals surface area contributed by atoms with Crippen LogP contribution in [0.5, 0.6) is 0 Å². The minimum absolute atomic E-state index is 0.149. The predicted octanol–water partition coefficient (Wildman–Crippen LogP) is 8.08. The van der Waals surface area contributed by atoms with Gasteiger partial charge in [-0.05, 0) is 63.5 Å². The molecule has 1 aliphatic carbocycles. The summed E-state index contributed by atoms with van der Waals surface area (Å²) in [5, 5.41) is 0. The molecule has 0 bridgehead atoms. The summed E-state index contributed by atoms with van der Waals surface area (Å²) >= 11 is 0. The zero-order valence-corrected chi connectivity index (χ0v) is 18.4. The third-order valence-corrected chi connectivity index (χ3v) is 5.79. The van der Waals surface area contributed by atoms with Crippen LogP contribution < -0.4 is 0 Å². The summed E-state index contributed by atoms with van der Waals surface area (Å²) < 4.78 is 0. The molecule has 0 atom stereocenters. The lowest BCUT2D eigenvalue weighted by Gasteiger charge is -2.26. The maximum atomic E-state index is 2.47. The molecule has 144 valence electrons. The van der Waals surface area contributed by atoms with Gasteiger partial charge in [0.05, 0.1) is 0 Å². The van der Waals surface area contributed by atoms with Crippen molar-refractivity contribution in [2.75, 3.05) is 0 Å². The number of fused-ring (bicyclic) bond motifs is 1. The van der Waals surface area contributed by atoms with Gasteiger partial charge in [-0.25, -0.2) is 0 Å². The number of hydrogen-bond donors (Lipinski definition) is 0. The second kappa shape index (κ2) is 7.30. The predicted molar refractivity (Wildman–Crippen MR) is 120 cm³/mol. The van der Waals surface area contributed by atoms with Gasteiger partial charge < -0.3 is 0 Å². The van der Waals surface area contributed by atoms with Gasteiger partial charge in [0.1, 0.15) is 0 Å². The van der Waals surface area contributed by atoms with E-state index in [1.54, 1.807) is 5.57 Å². The summed E-state index contributed by atoms with van der Waals surface area (Å²) in [5.41, 5.74) is 10.5. The molecule has 0 aromatic heterocycles. The minimum atomic E-state index is 0.149. The molecule has 0 saturated heterocycles. The largest absolute Gasteiger partial charge is 0.0654 e. The molecule has 3 rings (SSSR count). The van der Waals surface area contributed by atoms with Gasteiger partial charge in [-0.3, -0.25) is 0 Å². The van der Waals surface area contributed by atoms with Crippen LogP contribution in [0, 0.1) is 0 Å². The Morgan fingerprint density at radius 2 is 1.48 bits per heavy atom. The van der Waals surface area contributed by atoms with Gasteiger partial charge in [0.15, 0.2) is 0 Å². The van der Waals surface area contributed by atoms with E-state index in [1.807, 2.05) is 0 Å². The van der Waals surface area contributed by atoms with Gasteiger partial charge >= 0.3 is 0 Å². The topological polar surface area (TPSA) is 0 Å². The van der Waals surface area contributed by atoms with Gasteiger partial charge in [-0.1, -0.05) is 103 Å². The SMILES string of the molecule is CCCCC1=Cc2c(cccc2-c2cc(C(C)(C)C)cc(C(C)(C)C)c2)C1. The summed E-state index contributed by atoms with van der Waals surface area (Å²) in [4.78, 5) is 0. The maximum Gasteiger partial charge on any atom is -0.00576 e. The lowest BCUT2D eigenvalue weighted by molar-refractivity contribution is 0.569. The summed E-state index contributed by atoms with van der Waals surface area (Å²) in [6.07, 6.45) is 7.40. The van der Waals surface area contributed by atoms with Crippen LogP contribution in [-0.2, 0) is 17.3 Å². The van der Waals surface area contributed by atoms with Crippen molar-refractivity contribution in [2.45, 2.75) is 85.0 Å². The van der Waals surface area contributed by atoms with Crippen LogP contribution in [0.1, 0.15) is 90.0 Å². The van der Waals surface area contributed by atoms with E-state index in [0.717, 1.165) is 6.42 Å². The van der Waals surface area contributed by atoms with Crippen molar-refractivity contribution in [3.05, 3.63) is 64.2 Å². The Balaban J connectivity index is 2.13. The molecule has 0 radical (unpaired) electrons. The summed E-state index contributed by atoms with van der Waals surface area (Å²) in [7, 11) is 0. The summed E-state index contributed by atoms with van der Waals surface area (Å²) in [6.45, 7) is 16.2. The van der Waals surface area contributed by atoms with Crippen molar-refractivity contribution >= 4 is 6.08 Å². The third-order valence-electron chi connectivity index (χ3n) is 5.79. The monoisotopic (exact) mass is 360 g/mol. The highest BCUT2D eigenvalue weighted by molar-refractivity contribution is 5.81. The first-order chi connectivity index (χ1) is 12.6. The maximum absolute atomic E-state index is 2.47. The molecule has 0 unspecified atom stereocenters. The molecular formula is C27H36. The first-order valence-electron chi connectivity index (χ1n) is 10.6. The van der Waals surface area contributed by atoms with Crippen molar-refractivity contribution in [3.63, 3.8) is 0 Å². The fourth-order valence-electron chi connectivity index (χ4n) is 3.90. The van der Waals surface area contributed by atoms with Crippen molar-refractivity contribution in [1.82, 2.24) is 0 Å². The Kier molecular flexibility index (Phi) is 5.39. The highest BCUT2D eigenvalue weighted by atomic mass is 14.3. The Bertz CT molecular complexity index is 818. The van der Waals surface area contributed by atoms with Crippen molar-refractivity contribution in [2.24, 2.45) is 0 Å². The molecule has 0 saturated carbocycles. The van der Waals surface area contributed by atoms with E-state index < -0.39 is 0 Å². The average Bonchev–Trinajstić information content (AvgIpc) is 3.01. The van der Waals surface area contributed by atoms with Gasteiger partial charge in [-0.2, -0.15) is 0 Å². The molecule has 0 aliphatic heterocycles. The Labute approximate surface area is 166 Å². The Morgan fingerprint density at radius 1 is 0.852 bits per heavy atom. The van der Waals surface area contributed by atoms with Gasteiger partial charge in [-0.15, -0.1) is 0 Å². The standard InChI is InChI=1S/C27H36/c1-8-9-11-19-14-20-12-10-13-24(25(20)15-19)21-16-22(26(2,3)4)18-23(17-21)27(5,6)7/h10,12-13,15-18H,8-9,11,14H2,1-7H3. The van der Waals surface area contributed by atoms with Gasteiger partial charge in [0.2, 0.25) is 0 Å². The molecule has 0 spiro atoms. The van der Waals surface area contributed by atoms with Gasteiger partial charge in [0.25, 0.3) is 0 Å². The highest BCUT2D eigenvalue weighted by Crippen LogP contribution is 2.39. The second-order valence-electron chi connectivity index (χ2n) is 10.3. The van der Waals surface area contributed by atoms with Crippen LogP contribution in [0.25, 0.3) is 17.2 Å². The van der Waals surface area contributed by atoms with E-state index in [2.05, 4.69) is 90.9 Å². The van der Waals surface area contributed by atoms with E-state index in [4.69, 9.17) is 0 Å². The second-order valence-corrected chi connectivity index (χ2v) is 10.3. The van der Waals surface area contributed by atoms with Crippen molar-refractivity contribution in [1.29, 1.82) is 0 Å². The van der Waals surface area contributed by atoms with E-state index >= 15 is 0 Å². The quantitative estimate of drug-likeness (QED) is 0.517. The lowest BCUT2D eigenvalue weighted by atomic mass is 9.78. The van der Waals surface area contributed by atoms with E-state index in [1.165, 1.54) is 52.6 Å². The fraction of sp³-hybridized carbons (Fsp3) is 0.481. The number of allylic oxidation sites excluding steroid dienone is 1. The van der Waals surface area contributed by atoms with Crippen LogP contribution in [0.2, 0.25) is 0 Å². The first-order valence-corrected chi connectivity index (χ1v) is 10.6. The number of unbranched alkanes of at least 4 members (excludes halogenated alkanes) is 1. The van der Waals surface area contributed by atoms with Crippen molar-refractivity contribution in [3.8, 4) is 11.1 Å². The smallest absolute Gasteiger partial charge is 0.00576 e. The van der Waals surface area contributed by atoms with Crippen molar-refractivity contribution < 1.29 is 0 Å². The van der Waals surface area contributed by atoms with Crippen LogP contribution >= 0.6 is 0 Å². The molecule has 2 aromatic carbocycles. The molecule has 0 heterocycles. The van der Waals surface area contributed by atoms with Crippen LogP contribution in [0.4, 0.5) is 0 Å². The number of benzene rings is 2. The third kappa shape index (κ3) is 4.37. The zero-order valence-electron chi connectivity index (χ0n) is 18.4. The van der Waals surface area contributed by atoms with Crippen LogP contribution in [-0.4, -0.2) is 0 Å². The molecule has 0 N–H and O–H groups in total. The lowest BCUT2D eigenvalue weighted by Crippen LogP contribution is -2.16. The first kappa shape index (κ1) is 19.9. The number of hydrogen-bond acceptors (Lipinski definition) is 0. The van der Waals surface area contributed by atoms with E-state index in [0.29, 0.717) is 0 Å². The van der Waals surface area contributed by atoms with Crippen LogP contribution in [0.3, 0.4) is 0 Å². The zero-order chi connectivity index (χ0) is 19.8. The normalized spacial score (nSPS) is 14.3. The minimum Gasteiger partial charge on any atom is -0.0654 e. The molecule has 0 fully saturated rings. The molecule has 27 heavy (non-hydrogen) atoms. The Hall–Kier alpha value is -1.82. The summed E-state index contributed by atoms with van der Waals surface area (Å²) in [6, 6.07) is 14.1. The van der Waals surface area contributed by atoms with E-state index in [9.17, 15) is 0 Å². The Morgan fingerprint density at radius 3 is 2.04 bits per heavy atom. The average molecular weight is 361 g/mol. The molecule has 0 nitrogen and oxygen atoms in total.